The highest BCUT2D eigenvalue weighted by Crippen LogP contribution is 1.97. The maximum absolute atomic E-state index is 4.36. The molecule has 0 amide bonds. The zero-order chi connectivity index (χ0) is 11.9. The van der Waals surface area contributed by atoms with Gasteiger partial charge in [-0.2, -0.15) is 0 Å². The van der Waals surface area contributed by atoms with Gasteiger partial charge in [-0.25, -0.2) is 9.97 Å². The van der Waals surface area contributed by atoms with Gasteiger partial charge in [-0.05, 0) is 13.0 Å². The van der Waals surface area contributed by atoms with Gasteiger partial charge in [0.15, 0.2) is 0 Å². The first-order valence-electron chi connectivity index (χ1n) is 6.05. The third kappa shape index (κ3) is 3.71. The monoisotopic (exact) mass is 233 g/mol. The molecule has 17 heavy (non-hydrogen) atoms. The molecule has 0 spiro atoms. The summed E-state index contributed by atoms with van der Waals surface area (Å²) in [6, 6.07) is 0. The van der Waals surface area contributed by atoms with Gasteiger partial charge in [-0.3, -0.25) is 0 Å². The normalized spacial score (nSPS) is 10.9. The zero-order valence-corrected chi connectivity index (χ0v) is 10.2. The van der Waals surface area contributed by atoms with Crippen LogP contribution in [0.1, 0.15) is 19.0 Å². The highest BCUT2D eigenvalue weighted by atomic mass is 15.1. The van der Waals surface area contributed by atoms with Crippen molar-refractivity contribution in [1.82, 2.24) is 24.4 Å². The third-order valence-corrected chi connectivity index (χ3v) is 2.60. The molecule has 0 unspecified atom stereocenters. The second-order valence-electron chi connectivity index (χ2n) is 4.08. The molecule has 1 N–H and O–H groups in total. The van der Waals surface area contributed by atoms with Crippen LogP contribution in [0.15, 0.2) is 31.2 Å². The number of hydrogen-bond donors (Lipinski definition) is 1. The Bertz CT molecular complexity index is 418. The summed E-state index contributed by atoms with van der Waals surface area (Å²) >= 11 is 0. The predicted molar refractivity (Wildman–Crippen MR) is 66.5 cm³/mol. The van der Waals surface area contributed by atoms with Gasteiger partial charge in [-0.1, -0.05) is 6.92 Å². The van der Waals surface area contributed by atoms with Crippen molar-refractivity contribution in [2.45, 2.75) is 33.0 Å². The van der Waals surface area contributed by atoms with Gasteiger partial charge in [0.25, 0.3) is 0 Å². The molecule has 0 aromatic carbocycles. The van der Waals surface area contributed by atoms with Crippen LogP contribution in [0.3, 0.4) is 0 Å². The van der Waals surface area contributed by atoms with E-state index in [4.69, 9.17) is 0 Å². The predicted octanol–water partition coefficient (Wildman–Crippen LogP) is 1.28. The highest BCUT2D eigenvalue weighted by molar-refractivity contribution is 4.96. The quantitative estimate of drug-likeness (QED) is 0.733. The Kier molecular flexibility index (Phi) is 4.32. The molecule has 0 saturated carbocycles. The van der Waals surface area contributed by atoms with Gasteiger partial charge in [0.1, 0.15) is 0 Å². The number of aromatic nitrogens is 4. The van der Waals surface area contributed by atoms with Crippen molar-refractivity contribution in [2.24, 2.45) is 0 Å². The smallest absolute Gasteiger partial charge is 0.0950 e. The Labute approximate surface area is 102 Å². The lowest BCUT2D eigenvalue weighted by atomic mass is 10.4. The van der Waals surface area contributed by atoms with E-state index in [-0.39, 0.29) is 0 Å². The van der Waals surface area contributed by atoms with Gasteiger partial charge in [-0.15, -0.1) is 0 Å². The van der Waals surface area contributed by atoms with Crippen LogP contribution in [0.2, 0.25) is 0 Å². The molecule has 2 aromatic heterocycles. The zero-order valence-electron chi connectivity index (χ0n) is 10.2. The number of aryl methyl sites for hydroxylation is 2. The summed E-state index contributed by atoms with van der Waals surface area (Å²) in [5.41, 5.74) is 1.10. The van der Waals surface area contributed by atoms with Gasteiger partial charge >= 0.3 is 0 Å². The molecule has 5 nitrogen and oxygen atoms in total. The minimum absolute atomic E-state index is 0.853. The second kappa shape index (κ2) is 6.20. The Morgan fingerprint density at radius 1 is 1.24 bits per heavy atom. The lowest BCUT2D eigenvalue weighted by molar-refractivity contribution is 0.577. The second-order valence-corrected chi connectivity index (χ2v) is 4.08. The molecule has 0 aliphatic rings. The number of rotatable bonds is 7. The first-order chi connectivity index (χ1) is 8.38. The van der Waals surface area contributed by atoms with E-state index in [1.165, 1.54) is 0 Å². The fraction of sp³-hybridized carbons (Fsp3) is 0.500. The summed E-state index contributed by atoms with van der Waals surface area (Å²) in [5, 5.41) is 3.34. The van der Waals surface area contributed by atoms with E-state index in [0.29, 0.717) is 0 Å². The van der Waals surface area contributed by atoms with Crippen molar-refractivity contribution in [2.75, 3.05) is 6.54 Å². The summed E-state index contributed by atoms with van der Waals surface area (Å²) in [6.07, 6.45) is 10.7. The fourth-order valence-corrected chi connectivity index (χ4v) is 1.66. The molecule has 0 aliphatic carbocycles. The van der Waals surface area contributed by atoms with E-state index in [2.05, 4.69) is 37.5 Å². The molecule has 2 rings (SSSR count). The van der Waals surface area contributed by atoms with Crippen LogP contribution >= 0.6 is 0 Å². The minimum atomic E-state index is 0.853. The SMILES string of the molecule is CCCNCc1cn(CCn2ccnc2)cn1. The Balaban J connectivity index is 1.77. The molecule has 2 heterocycles. The van der Waals surface area contributed by atoms with Gasteiger partial charge in [0, 0.05) is 38.2 Å². The van der Waals surface area contributed by atoms with Crippen molar-refractivity contribution in [1.29, 1.82) is 0 Å². The molecule has 0 saturated heterocycles. The van der Waals surface area contributed by atoms with E-state index in [1.54, 1.807) is 6.20 Å². The average Bonchev–Trinajstić information content (AvgIpc) is 2.98. The summed E-state index contributed by atoms with van der Waals surface area (Å²) in [4.78, 5) is 8.38. The molecule has 0 radical (unpaired) electrons. The molecule has 0 atom stereocenters. The maximum atomic E-state index is 4.36. The number of nitrogens with one attached hydrogen (secondary N) is 1. The van der Waals surface area contributed by atoms with Gasteiger partial charge < -0.3 is 14.5 Å². The molecular weight excluding hydrogens is 214 g/mol. The van der Waals surface area contributed by atoms with E-state index in [1.807, 2.05) is 18.9 Å². The van der Waals surface area contributed by atoms with E-state index < -0.39 is 0 Å². The van der Waals surface area contributed by atoms with Crippen molar-refractivity contribution in [3.8, 4) is 0 Å². The Hall–Kier alpha value is -1.62. The number of hydrogen-bond acceptors (Lipinski definition) is 3. The van der Waals surface area contributed by atoms with Crippen LogP contribution in [0.4, 0.5) is 0 Å². The van der Waals surface area contributed by atoms with E-state index in [0.717, 1.165) is 38.3 Å². The average molecular weight is 233 g/mol. The summed E-state index contributed by atoms with van der Waals surface area (Å²) in [6.45, 7) is 5.92. The van der Waals surface area contributed by atoms with Crippen molar-refractivity contribution in [3.05, 3.63) is 36.9 Å². The molecule has 5 heteroatoms. The summed E-state index contributed by atoms with van der Waals surface area (Å²) in [5.74, 6) is 0. The van der Waals surface area contributed by atoms with E-state index in [9.17, 15) is 0 Å². The van der Waals surface area contributed by atoms with Crippen LogP contribution in [-0.2, 0) is 19.6 Å². The first kappa shape index (κ1) is 11.9. The molecule has 0 bridgehead atoms. The molecule has 92 valence electrons. The van der Waals surface area contributed by atoms with Crippen molar-refractivity contribution < 1.29 is 0 Å². The Morgan fingerprint density at radius 2 is 2.12 bits per heavy atom. The third-order valence-electron chi connectivity index (χ3n) is 2.60. The summed E-state index contributed by atoms with van der Waals surface area (Å²) in [7, 11) is 0. The van der Waals surface area contributed by atoms with Crippen molar-refractivity contribution >= 4 is 0 Å². The largest absolute Gasteiger partial charge is 0.336 e. The molecular formula is C12H19N5. The molecule has 2 aromatic rings. The lowest BCUT2D eigenvalue weighted by Gasteiger charge is -2.02. The van der Waals surface area contributed by atoms with Crippen LogP contribution in [-0.4, -0.2) is 25.6 Å². The maximum Gasteiger partial charge on any atom is 0.0950 e. The summed E-state index contributed by atoms with van der Waals surface area (Å²) < 4.78 is 4.18. The molecule has 0 aliphatic heterocycles. The van der Waals surface area contributed by atoms with Crippen LogP contribution in [0.5, 0.6) is 0 Å². The first-order valence-corrected chi connectivity index (χ1v) is 6.05. The number of imidazole rings is 2. The van der Waals surface area contributed by atoms with Gasteiger partial charge in [0.2, 0.25) is 0 Å². The highest BCUT2D eigenvalue weighted by Gasteiger charge is 1.98. The van der Waals surface area contributed by atoms with Crippen molar-refractivity contribution in [3.63, 3.8) is 0 Å². The van der Waals surface area contributed by atoms with Crippen LogP contribution < -0.4 is 5.32 Å². The minimum Gasteiger partial charge on any atom is -0.336 e. The standard InChI is InChI=1S/C12H19N5/c1-2-3-13-8-12-9-17(11-15-12)7-6-16-5-4-14-10-16/h4-5,9-11,13H,2-3,6-8H2,1H3. The Morgan fingerprint density at radius 3 is 2.88 bits per heavy atom. The van der Waals surface area contributed by atoms with Gasteiger partial charge in [0.05, 0.1) is 18.3 Å². The van der Waals surface area contributed by atoms with E-state index >= 15 is 0 Å². The fourth-order valence-electron chi connectivity index (χ4n) is 1.66. The number of nitrogens with zero attached hydrogens (tertiary/aromatic N) is 4. The van der Waals surface area contributed by atoms with Crippen LogP contribution in [0, 0.1) is 0 Å². The molecule has 0 fully saturated rings. The lowest BCUT2D eigenvalue weighted by Crippen LogP contribution is -2.13. The topological polar surface area (TPSA) is 47.7 Å². The van der Waals surface area contributed by atoms with Crippen LogP contribution in [0.25, 0.3) is 0 Å².